The number of rotatable bonds is 12. The summed E-state index contributed by atoms with van der Waals surface area (Å²) >= 11 is 1.59. The fraction of sp³-hybridized carbons (Fsp3) is 0.643. The number of hydrogen-bond donors (Lipinski definition) is 4. The van der Waals surface area contributed by atoms with Crippen LogP contribution in [0.1, 0.15) is 44.1 Å². The fourth-order valence-corrected chi connectivity index (χ4v) is 7.97. The summed E-state index contributed by atoms with van der Waals surface area (Å²) in [5.41, 5.74) is 12.0. The molecule has 4 saturated carbocycles. The summed E-state index contributed by atoms with van der Waals surface area (Å²) in [5, 5.41) is 5.42. The lowest BCUT2D eigenvalue weighted by molar-refractivity contribution is -0.188. The predicted molar refractivity (Wildman–Crippen MR) is 146 cm³/mol. The Hall–Kier alpha value is -2.43. The minimum absolute atomic E-state index is 0.239. The molecule has 0 radical (unpaired) electrons. The monoisotopic (exact) mass is 544 g/mol. The van der Waals surface area contributed by atoms with E-state index in [4.69, 9.17) is 16.2 Å². The second-order valence-corrected chi connectivity index (χ2v) is 12.4. The van der Waals surface area contributed by atoms with E-state index in [1.54, 1.807) is 11.8 Å². The van der Waals surface area contributed by atoms with Crippen LogP contribution in [0.4, 0.5) is 0 Å². The van der Waals surface area contributed by atoms with Gasteiger partial charge in [0.1, 0.15) is 0 Å². The van der Waals surface area contributed by atoms with E-state index in [0.29, 0.717) is 43.9 Å². The SMILES string of the molecule is COC(=O)C12CC3CC(CC(N)(C3)C1C(=O)[C@H](Cc1ccccc1)NC(=O)CNC(=O)[C@H](N)CCSC)C2. The molecule has 10 heteroatoms. The van der Waals surface area contributed by atoms with Crippen LogP contribution in [0.25, 0.3) is 0 Å². The summed E-state index contributed by atoms with van der Waals surface area (Å²) in [6, 6.07) is 7.80. The third-order valence-electron chi connectivity index (χ3n) is 8.67. The normalized spacial score (nSPS) is 30.8. The lowest BCUT2D eigenvalue weighted by atomic mass is 9.41. The molecule has 4 bridgehead atoms. The van der Waals surface area contributed by atoms with Crippen molar-refractivity contribution in [2.24, 2.45) is 34.6 Å². The number of esters is 1. The van der Waals surface area contributed by atoms with Gasteiger partial charge in [-0.3, -0.25) is 19.2 Å². The number of ketones is 1. The molecular formula is C28H40N4O5S. The van der Waals surface area contributed by atoms with E-state index >= 15 is 0 Å². The van der Waals surface area contributed by atoms with Crippen molar-refractivity contribution in [1.29, 1.82) is 0 Å². The van der Waals surface area contributed by atoms with Gasteiger partial charge in [0.25, 0.3) is 0 Å². The highest BCUT2D eigenvalue weighted by Gasteiger charge is 2.68. The molecule has 38 heavy (non-hydrogen) atoms. The van der Waals surface area contributed by atoms with Crippen molar-refractivity contribution < 1.29 is 23.9 Å². The number of nitrogens with one attached hydrogen (secondary N) is 2. The molecule has 6 N–H and O–H groups in total. The molecule has 0 aliphatic heterocycles. The Bertz CT molecular complexity index is 1040. The Morgan fingerprint density at radius 3 is 2.37 bits per heavy atom. The molecule has 0 saturated heterocycles. The van der Waals surface area contributed by atoms with E-state index in [2.05, 4.69) is 10.6 Å². The van der Waals surface area contributed by atoms with Gasteiger partial charge in [0.05, 0.1) is 37.1 Å². The van der Waals surface area contributed by atoms with E-state index in [-0.39, 0.29) is 24.7 Å². The molecular weight excluding hydrogens is 504 g/mol. The van der Waals surface area contributed by atoms with Crippen molar-refractivity contribution in [3.05, 3.63) is 35.9 Å². The van der Waals surface area contributed by atoms with Crippen LogP contribution in [-0.4, -0.2) is 66.9 Å². The lowest BCUT2D eigenvalue weighted by Crippen LogP contribution is -2.72. The number of carbonyl (C=O) groups is 4. The summed E-state index contributed by atoms with van der Waals surface area (Å²) in [6.07, 6.45) is 6.26. The van der Waals surface area contributed by atoms with E-state index < -0.39 is 40.8 Å². The van der Waals surface area contributed by atoms with Gasteiger partial charge in [-0.1, -0.05) is 30.3 Å². The quantitative estimate of drug-likeness (QED) is 0.286. The van der Waals surface area contributed by atoms with Crippen LogP contribution in [0, 0.1) is 23.2 Å². The average molecular weight is 545 g/mol. The molecule has 9 nitrogen and oxygen atoms in total. The maximum atomic E-state index is 14.4. The molecule has 4 fully saturated rings. The summed E-state index contributed by atoms with van der Waals surface area (Å²) in [7, 11) is 1.36. The van der Waals surface area contributed by atoms with Gasteiger partial charge in [0, 0.05) is 5.54 Å². The number of hydrogen-bond acceptors (Lipinski definition) is 8. The first-order valence-electron chi connectivity index (χ1n) is 13.4. The second-order valence-electron chi connectivity index (χ2n) is 11.4. The Kier molecular flexibility index (Phi) is 8.84. The molecule has 0 spiro atoms. The highest BCUT2D eigenvalue weighted by Crippen LogP contribution is 2.64. The van der Waals surface area contributed by atoms with Gasteiger partial charge in [-0.05, 0) is 74.4 Å². The highest BCUT2D eigenvalue weighted by molar-refractivity contribution is 7.98. The Balaban J connectivity index is 1.55. The zero-order valence-electron chi connectivity index (χ0n) is 22.2. The standard InChI is InChI=1S/C28H40N4O5S/c1-37-26(36)27-12-18-10-19(13-27)15-28(30,14-18)24(27)23(34)21(11-17-6-4-3-5-7-17)32-22(33)16-31-25(35)20(29)8-9-38-2/h3-7,18-21,24H,8-16,29-30H2,1-2H3,(H,31,35)(H,32,33)/t18?,19?,20-,21+,24?,27?,28?/m1/s1. The van der Waals surface area contributed by atoms with Crippen LogP contribution in [0.2, 0.25) is 0 Å². The number of carbonyl (C=O) groups excluding carboxylic acids is 4. The number of amides is 2. The largest absolute Gasteiger partial charge is 0.469 e. The molecule has 2 amide bonds. The molecule has 208 valence electrons. The van der Waals surface area contributed by atoms with E-state index in [0.717, 1.165) is 17.7 Å². The van der Waals surface area contributed by atoms with E-state index in [1.165, 1.54) is 7.11 Å². The number of benzene rings is 1. The number of methoxy groups -OCH3 is 1. The van der Waals surface area contributed by atoms with Crippen LogP contribution in [-0.2, 0) is 30.3 Å². The predicted octanol–water partition coefficient (Wildman–Crippen LogP) is 1.18. The minimum Gasteiger partial charge on any atom is -0.469 e. The van der Waals surface area contributed by atoms with Crippen molar-refractivity contribution in [3.8, 4) is 0 Å². The molecule has 3 unspecified atom stereocenters. The Labute approximate surface area is 228 Å². The van der Waals surface area contributed by atoms with Crippen molar-refractivity contribution >= 4 is 35.3 Å². The van der Waals surface area contributed by atoms with Crippen LogP contribution in [0.15, 0.2) is 30.3 Å². The zero-order valence-corrected chi connectivity index (χ0v) is 23.1. The lowest BCUT2D eigenvalue weighted by Gasteiger charge is -2.63. The van der Waals surface area contributed by atoms with Gasteiger partial charge in [-0.25, -0.2) is 0 Å². The fourth-order valence-electron chi connectivity index (χ4n) is 7.48. The molecule has 0 aromatic heterocycles. The number of ether oxygens (including phenoxy) is 1. The average Bonchev–Trinajstić information content (AvgIpc) is 2.88. The molecule has 4 aliphatic carbocycles. The van der Waals surface area contributed by atoms with Crippen LogP contribution in [0.3, 0.4) is 0 Å². The van der Waals surface area contributed by atoms with Gasteiger partial charge >= 0.3 is 5.97 Å². The van der Waals surface area contributed by atoms with Gasteiger partial charge in [-0.2, -0.15) is 11.8 Å². The molecule has 5 atom stereocenters. The number of Topliss-reactive ketones (excluding diaryl/α,β-unsaturated/α-hetero) is 1. The number of thioether (sulfide) groups is 1. The molecule has 0 heterocycles. The van der Waals surface area contributed by atoms with Crippen molar-refractivity contribution in [1.82, 2.24) is 10.6 Å². The summed E-state index contributed by atoms with van der Waals surface area (Å²) in [5.74, 6) is -0.947. The molecule has 1 aromatic rings. The highest BCUT2D eigenvalue weighted by atomic mass is 32.2. The van der Waals surface area contributed by atoms with E-state index in [9.17, 15) is 19.2 Å². The van der Waals surface area contributed by atoms with Crippen molar-refractivity contribution in [2.75, 3.05) is 25.7 Å². The molecule has 5 rings (SSSR count). The van der Waals surface area contributed by atoms with Gasteiger partial charge in [0.15, 0.2) is 5.78 Å². The van der Waals surface area contributed by atoms with Crippen molar-refractivity contribution in [2.45, 2.75) is 62.6 Å². The molecule has 1 aromatic carbocycles. The first-order valence-corrected chi connectivity index (χ1v) is 14.8. The summed E-state index contributed by atoms with van der Waals surface area (Å²) in [4.78, 5) is 52.9. The third kappa shape index (κ3) is 5.77. The number of nitrogens with two attached hydrogens (primary N) is 2. The summed E-state index contributed by atoms with van der Waals surface area (Å²) < 4.78 is 5.26. The Morgan fingerprint density at radius 2 is 1.76 bits per heavy atom. The third-order valence-corrected chi connectivity index (χ3v) is 9.31. The minimum atomic E-state index is -0.970. The maximum Gasteiger partial charge on any atom is 0.312 e. The smallest absolute Gasteiger partial charge is 0.312 e. The van der Waals surface area contributed by atoms with Gasteiger partial charge < -0.3 is 26.8 Å². The zero-order chi connectivity index (χ0) is 27.5. The van der Waals surface area contributed by atoms with Crippen molar-refractivity contribution in [3.63, 3.8) is 0 Å². The Morgan fingerprint density at radius 1 is 1.11 bits per heavy atom. The first-order chi connectivity index (χ1) is 18.1. The first kappa shape index (κ1) is 28.6. The van der Waals surface area contributed by atoms with Gasteiger partial charge in [0.2, 0.25) is 11.8 Å². The summed E-state index contributed by atoms with van der Waals surface area (Å²) in [6.45, 7) is -0.297. The van der Waals surface area contributed by atoms with Crippen LogP contribution in [0.5, 0.6) is 0 Å². The van der Waals surface area contributed by atoms with Gasteiger partial charge in [-0.15, -0.1) is 0 Å². The maximum absolute atomic E-state index is 14.4. The van der Waals surface area contributed by atoms with Crippen LogP contribution < -0.4 is 22.1 Å². The second kappa shape index (κ2) is 11.8. The topological polar surface area (TPSA) is 154 Å². The van der Waals surface area contributed by atoms with Crippen LogP contribution >= 0.6 is 11.8 Å². The van der Waals surface area contributed by atoms with E-state index in [1.807, 2.05) is 36.6 Å². The molecule has 4 aliphatic rings.